The molecule has 0 saturated carbocycles. The number of aryl methyl sites for hydroxylation is 3. The van der Waals surface area contributed by atoms with E-state index in [9.17, 15) is 10.1 Å². The highest BCUT2D eigenvalue weighted by molar-refractivity contribution is 6.10. The number of nitrogens with zero attached hydrogens (tertiary/aromatic N) is 2. The Morgan fingerprint density at radius 3 is 2.55 bits per heavy atom. The lowest BCUT2D eigenvalue weighted by Crippen LogP contribution is -2.48. The maximum Gasteiger partial charge on any atom is 0.266 e. The van der Waals surface area contributed by atoms with Crippen LogP contribution < -0.4 is 10.2 Å². The normalized spacial score (nSPS) is 17.7. The van der Waals surface area contributed by atoms with Crippen molar-refractivity contribution in [2.24, 2.45) is 0 Å². The van der Waals surface area contributed by atoms with E-state index < -0.39 is 0 Å². The summed E-state index contributed by atoms with van der Waals surface area (Å²) >= 11 is 0. The van der Waals surface area contributed by atoms with Gasteiger partial charge in [-0.25, -0.2) is 0 Å². The Morgan fingerprint density at radius 1 is 1.23 bits per heavy atom. The van der Waals surface area contributed by atoms with Crippen molar-refractivity contribution in [1.29, 1.82) is 5.26 Å². The summed E-state index contributed by atoms with van der Waals surface area (Å²) in [6.45, 7) is 16.0. The number of hydrogen-bond acceptors (Lipinski definition) is 3. The molecule has 1 heterocycles. The maximum absolute atomic E-state index is 12.8. The fraction of sp³-hybridized carbons (Fsp3) is 0.407. The number of fused-ring (bicyclic) bond motifs is 1. The van der Waals surface area contributed by atoms with E-state index in [4.69, 9.17) is 0 Å². The minimum absolute atomic E-state index is 0.106. The van der Waals surface area contributed by atoms with Crippen molar-refractivity contribution in [3.8, 4) is 6.07 Å². The topological polar surface area (TPSA) is 56.1 Å². The van der Waals surface area contributed by atoms with E-state index in [-0.39, 0.29) is 17.0 Å². The number of nitriles is 1. The van der Waals surface area contributed by atoms with Gasteiger partial charge in [0.25, 0.3) is 5.91 Å². The average Bonchev–Trinajstić information content (AvgIpc) is 2.68. The van der Waals surface area contributed by atoms with Gasteiger partial charge in [0, 0.05) is 23.5 Å². The molecule has 3 rings (SSSR count). The number of carbonyl (C=O) groups is 1. The summed E-state index contributed by atoms with van der Waals surface area (Å²) in [5.74, 6) is 0.0334. The van der Waals surface area contributed by atoms with Crippen LogP contribution in [0.4, 0.5) is 11.4 Å². The Kier molecular flexibility index (Phi) is 6.27. The summed E-state index contributed by atoms with van der Waals surface area (Å²) in [5.41, 5.74) is 7.59. The highest BCUT2D eigenvalue weighted by Gasteiger charge is 2.35. The maximum atomic E-state index is 12.8. The number of amides is 1. The minimum atomic E-state index is -0.379. The van der Waals surface area contributed by atoms with Gasteiger partial charge in [-0.1, -0.05) is 24.6 Å². The van der Waals surface area contributed by atoms with Crippen LogP contribution in [0.15, 0.2) is 35.9 Å². The molecule has 2 aromatic rings. The van der Waals surface area contributed by atoms with Crippen molar-refractivity contribution in [3.05, 3.63) is 63.7 Å². The molecule has 1 aliphatic rings. The zero-order valence-corrected chi connectivity index (χ0v) is 19.8. The second-order valence-corrected chi connectivity index (χ2v) is 9.37. The van der Waals surface area contributed by atoms with Crippen LogP contribution in [0.2, 0.25) is 0 Å². The third kappa shape index (κ3) is 4.51. The van der Waals surface area contributed by atoms with E-state index in [1.54, 1.807) is 6.08 Å². The first kappa shape index (κ1) is 22.6. The Balaban J connectivity index is 1.97. The Labute approximate surface area is 186 Å². The summed E-state index contributed by atoms with van der Waals surface area (Å²) in [5, 5.41) is 12.6. The van der Waals surface area contributed by atoms with Gasteiger partial charge in [-0.2, -0.15) is 5.26 Å². The highest BCUT2D eigenvalue weighted by Crippen LogP contribution is 2.44. The second kappa shape index (κ2) is 8.59. The van der Waals surface area contributed by atoms with Gasteiger partial charge in [-0.05, 0) is 100 Å². The third-order valence-electron chi connectivity index (χ3n) is 6.38. The molecule has 31 heavy (non-hydrogen) atoms. The van der Waals surface area contributed by atoms with Crippen molar-refractivity contribution in [1.82, 2.24) is 0 Å². The van der Waals surface area contributed by atoms with Gasteiger partial charge < -0.3 is 10.2 Å². The van der Waals surface area contributed by atoms with Crippen LogP contribution in [-0.4, -0.2) is 18.0 Å². The Hall–Kier alpha value is -3.06. The quantitative estimate of drug-likeness (QED) is 0.473. The van der Waals surface area contributed by atoms with E-state index in [2.05, 4.69) is 56.1 Å². The van der Waals surface area contributed by atoms with Gasteiger partial charge in [-0.15, -0.1) is 0 Å². The molecular formula is C27H33N3O. The molecule has 0 unspecified atom stereocenters. The van der Waals surface area contributed by atoms with E-state index >= 15 is 0 Å². The van der Waals surface area contributed by atoms with Gasteiger partial charge in [0.05, 0.1) is 0 Å². The number of benzene rings is 2. The molecule has 4 nitrogen and oxygen atoms in total. The molecule has 0 aliphatic carbocycles. The monoisotopic (exact) mass is 415 g/mol. The number of hydrogen-bond donors (Lipinski definition) is 1. The fourth-order valence-electron chi connectivity index (χ4n) is 4.85. The number of anilines is 2. The molecule has 4 heteroatoms. The number of carbonyl (C=O) groups excluding carboxylic acids is 1. The lowest BCUT2D eigenvalue weighted by molar-refractivity contribution is -0.112. The van der Waals surface area contributed by atoms with Gasteiger partial charge in [0.1, 0.15) is 11.6 Å². The van der Waals surface area contributed by atoms with Crippen molar-refractivity contribution in [2.45, 2.75) is 66.3 Å². The average molecular weight is 416 g/mol. The van der Waals surface area contributed by atoms with Crippen LogP contribution in [-0.2, 0) is 4.79 Å². The van der Waals surface area contributed by atoms with Crippen LogP contribution in [0.1, 0.15) is 67.9 Å². The van der Waals surface area contributed by atoms with Gasteiger partial charge in [0.15, 0.2) is 0 Å². The number of rotatable bonds is 4. The Bertz CT molecular complexity index is 1090. The zero-order valence-electron chi connectivity index (χ0n) is 19.8. The van der Waals surface area contributed by atoms with Crippen LogP contribution >= 0.6 is 0 Å². The Morgan fingerprint density at radius 2 is 1.94 bits per heavy atom. The van der Waals surface area contributed by atoms with Crippen molar-refractivity contribution in [2.75, 3.05) is 16.8 Å². The SMILES string of the molecule is CCN1c2cc(C)c(/C=C(/C#N)C(=O)Nc3ccc(C)cc3C)cc2[C@H](C)CC1(C)C. The van der Waals surface area contributed by atoms with Crippen molar-refractivity contribution in [3.63, 3.8) is 0 Å². The lowest BCUT2D eigenvalue weighted by Gasteiger charge is -2.47. The van der Waals surface area contributed by atoms with Crippen molar-refractivity contribution >= 4 is 23.4 Å². The van der Waals surface area contributed by atoms with Crippen molar-refractivity contribution < 1.29 is 4.79 Å². The molecule has 0 aromatic heterocycles. The molecule has 2 aromatic carbocycles. The van der Waals surface area contributed by atoms with Crippen LogP contribution in [0.3, 0.4) is 0 Å². The summed E-state index contributed by atoms with van der Waals surface area (Å²) in [7, 11) is 0. The van der Waals surface area contributed by atoms with Gasteiger partial charge >= 0.3 is 0 Å². The summed E-state index contributed by atoms with van der Waals surface area (Å²) < 4.78 is 0. The number of nitrogens with one attached hydrogen (secondary N) is 1. The summed E-state index contributed by atoms with van der Waals surface area (Å²) in [4.78, 5) is 15.3. The predicted octanol–water partition coefficient (Wildman–Crippen LogP) is 6.27. The molecule has 0 fully saturated rings. The molecule has 162 valence electrons. The van der Waals surface area contributed by atoms with Gasteiger partial charge in [-0.3, -0.25) is 4.79 Å². The molecule has 1 amide bonds. The second-order valence-electron chi connectivity index (χ2n) is 9.37. The third-order valence-corrected chi connectivity index (χ3v) is 6.38. The van der Waals surface area contributed by atoms with E-state index in [1.807, 2.05) is 39.0 Å². The summed E-state index contributed by atoms with van der Waals surface area (Å²) in [6.07, 6.45) is 2.79. The smallest absolute Gasteiger partial charge is 0.266 e. The molecular weight excluding hydrogens is 382 g/mol. The molecule has 0 radical (unpaired) electrons. The van der Waals surface area contributed by atoms with Crippen LogP contribution in [0.5, 0.6) is 0 Å². The summed E-state index contributed by atoms with van der Waals surface area (Å²) in [6, 6.07) is 12.3. The molecule has 0 spiro atoms. The largest absolute Gasteiger partial charge is 0.366 e. The molecule has 1 N–H and O–H groups in total. The molecule has 0 saturated heterocycles. The molecule has 0 bridgehead atoms. The molecule has 1 aliphatic heterocycles. The van der Waals surface area contributed by atoms with Gasteiger partial charge in [0.2, 0.25) is 0 Å². The molecule has 1 atom stereocenters. The lowest BCUT2D eigenvalue weighted by atomic mass is 9.79. The predicted molar refractivity (Wildman–Crippen MR) is 129 cm³/mol. The highest BCUT2D eigenvalue weighted by atomic mass is 16.1. The minimum Gasteiger partial charge on any atom is -0.366 e. The first-order valence-electron chi connectivity index (χ1n) is 11.0. The standard InChI is InChI=1S/C27H33N3O/c1-8-30-25-12-18(3)21(14-23(25)20(5)15-27(30,6)7)13-22(16-28)26(31)29-24-10-9-17(2)11-19(24)4/h9-14,20H,8,15H2,1-7H3,(H,29,31)/b22-13-/t20-/m1/s1. The first-order valence-corrected chi connectivity index (χ1v) is 11.0. The fourth-order valence-corrected chi connectivity index (χ4v) is 4.85. The first-order chi connectivity index (χ1) is 14.6. The zero-order chi connectivity index (χ0) is 22.9. The van der Waals surface area contributed by atoms with Crippen LogP contribution in [0.25, 0.3) is 6.08 Å². The van der Waals surface area contributed by atoms with E-state index in [0.717, 1.165) is 40.9 Å². The van der Waals surface area contributed by atoms with Crippen LogP contribution in [0, 0.1) is 32.1 Å². The van der Waals surface area contributed by atoms with E-state index in [0.29, 0.717) is 5.92 Å². The van der Waals surface area contributed by atoms with E-state index in [1.165, 1.54) is 11.3 Å².